The summed E-state index contributed by atoms with van der Waals surface area (Å²) in [5.74, 6) is -0.567. The molecule has 6 heteroatoms. The van der Waals surface area contributed by atoms with E-state index in [1.165, 1.54) is 31.4 Å². The number of ether oxygens (including phenoxy) is 1. The van der Waals surface area contributed by atoms with E-state index < -0.39 is 6.04 Å². The molecule has 1 rings (SSSR count). The first-order valence-electron chi connectivity index (χ1n) is 6.92. The van der Waals surface area contributed by atoms with Gasteiger partial charge in [0, 0.05) is 12.1 Å². The summed E-state index contributed by atoms with van der Waals surface area (Å²) < 4.78 is 4.79. The second-order valence-electron chi connectivity index (χ2n) is 4.52. The highest BCUT2D eigenvalue weighted by atomic mass is 16.5. The van der Waals surface area contributed by atoms with E-state index in [0.717, 1.165) is 0 Å². The van der Waals surface area contributed by atoms with Crippen LogP contribution < -0.4 is 5.32 Å². The fraction of sp³-hybridized carbons (Fsp3) is 0.467. The second-order valence-corrected chi connectivity index (χ2v) is 4.52. The van der Waals surface area contributed by atoms with Gasteiger partial charge in [-0.15, -0.1) is 0 Å². The topological polar surface area (TPSA) is 78.9 Å². The van der Waals surface area contributed by atoms with Gasteiger partial charge in [-0.2, -0.15) is 0 Å². The Balaban J connectivity index is 2.69. The number of rotatable bonds is 7. The smallest absolute Gasteiger partial charge is 0.324 e. The van der Waals surface area contributed by atoms with Gasteiger partial charge in [0.15, 0.2) is 0 Å². The van der Waals surface area contributed by atoms with Gasteiger partial charge in [0.25, 0.3) is 5.91 Å². The number of nitrogens with one attached hydrogen (secondary N) is 1. The number of phenolic OH excluding ortho intramolecular Hbond substituents is 1. The summed E-state index contributed by atoms with van der Waals surface area (Å²) in [7, 11) is 1.33. The molecule has 0 saturated heterocycles. The maximum Gasteiger partial charge on any atom is 0.324 e. The Kier molecular flexibility index (Phi) is 6.68. The molecule has 0 saturated carbocycles. The van der Waals surface area contributed by atoms with Crippen molar-refractivity contribution in [2.75, 3.05) is 26.7 Å². The van der Waals surface area contributed by atoms with E-state index in [4.69, 9.17) is 4.74 Å². The van der Waals surface area contributed by atoms with Gasteiger partial charge in [-0.1, -0.05) is 13.8 Å². The fourth-order valence-corrected chi connectivity index (χ4v) is 2.07. The molecule has 0 aliphatic rings. The summed E-state index contributed by atoms with van der Waals surface area (Å²) in [6.45, 7) is 5.44. The fourth-order valence-electron chi connectivity index (χ4n) is 2.07. The van der Waals surface area contributed by atoms with Crippen LogP contribution in [0, 0.1) is 0 Å². The highest BCUT2D eigenvalue weighted by molar-refractivity contribution is 5.94. The lowest BCUT2D eigenvalue weighted by molar-refractivity contribution is -0.146. The molecule has 0 aliphatic carbocycles. The summed E-state index contributed by atoms with van der Waals surface area (Å²) in [6, 6.07) is 5.42. The van der Waals surface area contributed by atoms with Crippen molar-refractivity contribution in [3.63, 3.8) is 0 Å². The molecule has 21 heavy (non-hydrogen) atoms. The zero-order valence-electron chi connectivity index (χ0n) is 12.6. The molecule has 1 unspecified atom stereocenters. The summed E-state index contributed by atoms with van der Waals surface area (Å²) in [4.78, 5) is 25.7. The lowest BCUT2D eigenvalue weighted by atomic mass is 10.2. The van der Waals surface area contributed by atoms with Crippen molar-refractivity contribution in [3.05, 3.63) is 29.8 Å². The number of carbonyl (C=O) groups is 2. The first kappa shape index (κ1) is 17.0. The van der Waals surface area contributed by atoms with E-state index in [1.54, 1.807) is 0 Å². The molecule has 1 amide bonds. The molecule has 6 nitrogen and oxygen atoms in total. The van der Waals surface area contributed by atoms with Crippen LogP contribution in [-0.2, 0) is 9.53 Å². The molecule has 116 valence electrons. The number of benzene rings is 1. The van der Waals surface area contributed by atoms with Crippen molar-refractivity contribution in [2.24, 2.45) is 0 Å². The van der Waals surface area contributed by atoms with E-state index in [2.05, 4.69) is 5.32 Å². The monoisotopic (exact) mass is 294 g/mol. The van der Waals surface area contributed by atoms with E-state index in [0.29, 0.717) is 18.7 Å². The van der Waals surface area contributed by atoms with E-state index >= 15 is 0 Å². The van der Waals surface area contributed by atoms with Crippen LogP contribution in [0.2, 0.25) is 0 Å². The Morgan fingerprint density at radius 2 is 1.81 bits per heavy atom. The third-order valence-corrected chi connectivity index (χ3v) is 3.31. The Labute approximate surface area is 124 Å². The predicted octanol–water partition coefficient (Wildman–Crippen LogP) is 1.01. The van der Waals surface area contributed by atoms with Crippen molar-refractivity contribution in [2.45, 2.75) is 19.9 Å². The molecule has 2 N–H and O–H groups in total. The number of likely N-dealkylation sites (N-methyl/N-ethyl adjacent to an activating group) is 1. The summed E-state index contributed by atoms with van der Waals surface area (Å²) in [5.41, 5.74) is 0.427. The summed E-state index contributed by atoms with van der Waals surface area (Å²) >= 11 is 0. The largest absolute Gasteiger partial charge is 0.508 e. The third kappa shape index (κ3) is 4.75. The third-order valence-electron chi connectivity index (χ3n) is 3.31. The van der Waals surface area contributed by atoms with Crippen molar-refractivity contribution >= 4 is 11.9 Å². The van der Waals surface area contributed by atoms with Gasteiger partial charge in [0.05, 0.1) is 7.11 Å². The van der Waals surface area contributed by atoms with Crippen molar-refractivity contribution in [3.8, 4) is 5.75 Å². The van der Waals surface area contributed by atoms with Gasteiger partial charge in [-0.05, 0) is 37.4 Å². The molecule has 0 aromatic heterocycles. The van der Waals surface area contributed by atoms with E-state index in [9.17, 15) is 14.7 Å². The van der Waals surface area contributed by atoms with Crippen LogP contribution in [0.1, 0.15) is 24.2 Å². The van der Waals surface area contributed by atoms with Gasteiger partial charge in [0.2, 0.25) is 0 Å². The highest BCUT2D eigenvalue weighted by Gasteiger charge is 2.25. The second kappa shape index (κ2) is 8.26. The van der Waals surface area contributed by atoms with Gasteiger partial charge in [-0.25, -0.2) is 0 Å². The van der Waals surface area contributed by atoms with Gasteiger partial charge < -0.3 is 15.2 Å². The Morgan fingerprint density at radius 3 is 2.29 bits per heavy atom. The minimum atomic E-state index is -0.508. The van der Waals surface area contributed by atoms with Crippen LogP contribution >= 0.6 is 0 Å². The molecule has 0 heterocycles. The standard InChI is InChI=1S/C15H22N2O4/c1-4-17(5-2)13(15(20)21-3)10-16-14(19)11-6-8-12(18)9-7-11/h6-9,13,18H,4-5,10H2,1-3H3,(H,16,19). The molecule has 0 bridgehead atoms. The zero-order chi connectivity index (χ0) is 15.8. The Bertz CT molecular complexity index is 469. The molecule has 0 fully saturated rings. The van der Waals surface area contributed by atoms with Gasteiger partial charge in [0.1, 0.15) is 11.8 Å². The Hall–Kier alpha value is -2.08. The number of hydrogen-bond acceptors (Lipinski definition) is 5. The van der Waals surface area contributed by atoms with Crippen molar-refractivity contribution in [1.82, 2.24) is 10.2 Å². The first-order chi connectivity index (χ1) is 10.0. The summed E-state index contributed by atoms with van der Waals surface area (Å²) in [5, 5.41) is 11.9. The molecular weight excluding hydrogens is 272 g/mol. The summed E-state index contributed by atoms with van der Waals surface area (Å²) in [6.07, 6.45) is 0. The SMILES string of the molecule is CCN(CC)C(CNC(=O)c1ccc(O)cc1)C(=O)OC. The number of phenols is 1. The number of nitrogens with zero attached hydrogens (tertiary/aromatic N) is 1. The van der Waals surface area contributed by atoms with Crippen LogP contribution in [0.3, 0.4) is 0 Å². The van der Waals surface area contributed by atoms with Crippen molar-refractivity contribution in [1.29, 1.82) is 0 Å². The molecule has 0 spiro atoms. The molecule has 1 aromatic carbocycles. The lowest BCUT2D eigenvalue weighted by Crippen LogP contribution is -2.49. The van der Waals surface area contributed by atoms with Gasteiger partial charge in [-0.3, -0.25) is 14.5 Å². The number of carbonyl (C=O) groups excluding carboxylic acids is 2. The number of methoxy groups -OCH3 is 1. The zero-order valence-corrected chi connectivity index (χ0v) is 12.6. The van der Waals surface area contributed by atoms with E-state index in [1.807, 2.05) is 18.7 Å². The molecule has 1 atom stereocenters. The number of aromatic hydroxyl groups is 1. The molecule has 1 aromatic rings. The lowest BCUT2D eigenvalue weighted by Gasteiger charge is -2.27. The maximum absolute atomic E-state index is 12.0. The predicted molar refractivity (Wildman–Crippen MR) is 79.2 cm³/mol. The molecule has 0 aliphatic heterocycles. The van der Waals surface area contributed by atoms with Crippen molar-refractivity contribution < 1.29 is 19.4 Å². The maximum atomic E-state index is 12.0. The molecular formula is C15H22N2O4. The van der Waals surface area contributed by atoms with Crippen LogP contribution in [0.5, 0.6) is 5.75 Å². The highest BCUT2D eigenvalue weighted by Crippen LogP contribution is 2.09. The van der Waals surface area contributed by atoms with Crippen LogP contribution in [-0.4, -0.2) is 54.7 Å². The number of esters is 1. The Morgan fingerprint density at radius 1 is 1.24 bits per heavy atom. The van der Waals surface area contributed by atoms with Crippen LogP contribution in [0.4, 0.5) is 0 Å². The average molecular weight is 294 g/mol. The van der Waals surface area contributed by atoms with Gasteiger partial charge >= 0.3 is 5.97 Å². The van der Waals surface area contributed by atoms with Crippen LogP contribution in [0.25, 0.3) is 0 Å². The quantitative estimate of drug-likeness (QED) is 0.734. The number of amides is 1. The minimum absolute atomic E-state index is 0.0992. The number of hydrogen-bond donors (Lipinski definition) is 2. The average Bonchev–Trinajstić information content (AvgIpc) is 2.51. The van der Waals surface area contributed by atoms with Crippen LogP contribution in [0.15, 0.2) is 24.3 Å². The normalized spacial score (nSPS) is 12.0. The first-order valence-corrected chi connectivity index (χ1v) is 6.92. The molecule has 0 radical (unpaired) electrons. The van der Waals surface area contributed by atoms with E-state index in [-0.39, 0.29) is 24.2 Å². The minimum Gasteiger partial charge on any atom is -0.508 e.